The number of anilines is 1. The molecular formula is C14H20N2O3. The molecule has 0 bridgehead atoms. The van der Waals surface area contributed by atoms with E-state index in [4.69, 9.17) is 5.11 Å². The lowest BCUT2D eigenvalue weighted by Gasteiger charge is -2.17. The van der Waals surface area contributed by atoms with Crippen LogP contribution in [0.3, 0.4) is 0 Å². The van der Waals surface area contributed by atoms with E-state index in [1.807, 2.05) is 38.1 Å². The van der Waals surface area contributed by atoms with Crippen molar-refractivity contribution in [3.05, 3.63) is 29.8 Å². The summed E-state index contributed by atoms with van der Waals surface area (Å²) in [6, 6.07) is 7.64. The molecule has 0 heterocycles. The summed E-state index contributed by atoms with van der Waals surface area (Å²) in [4.78, 5) is 24.0. The van der Waals surface area contributed by atoms with E-state index in [0.717, 1.165) is 17.7 Å². The molecule has 0 unspecified atom stereocenters. The zero-order chi connectivity index (χ0) is 14.3. The minimum absolute atomic E-state index is 0.0825. The number of likely N-dealkylation sites (N-methyl/N-ethyl adjacent to an activating group) is 1. The van der Waals surface area contributed by atoms with Crippen LogP contribution in [-0.2, 0) is 16.0 Å². The highest BCUT2D eigenvalue weighted by molar-refractivity contribution is 5.92. The predicted octanol–water partition coefficient (Wildman–Crippen LogP) is 1.59. The molecule has 2 N–H and O–H groups in total. The van der Waals surface area contributed by atoms with Gasteiger partial charge in [0.15, 0.2) is 0 Å². The Morgan fingerprint density at radius 2 is 2.00 bits per heavy atom. The van der Waals surface area contributed by atoms with Crippen molar-refractivity contribution in [2.75, 3.05) is 25.0 Å². The summed E-state index contributed by atoms with van der Waals surface area (Å²) in [5.41, 5.74) is 1.89. The highest BCUT2D eigenvalue weighted by atomic mass is 16.4. The summed E-state index contributed by atoms with van der Waals surface area (Å²) >= 11 is 0. The molecule has 5 nitrogen and oxygen atoms in total. The molecule has 19 heavy (non-hydrogen) atoms. The number of aryl methyl sites for hydroxylation is 1. The number of amides is 1. The van der Waals surface area contributed by atoms with Gasteiger partial charge in [0, 0.05) is 5.69 Å². The summed E-state index contributed by atoms with van der Waals surface area (Å²) in [5.74, 6) is -1.13. The van der Waals surface area contributed by atoms with E-state index < -0.39 is 5.97 Å². The first-order valence-electron chi connectivity index (χ1n) is 6.38. The highest BCUT2D eigenvalue weighted by Gasteiger charge is 2.12. The van der Waals surface area contributed by atoms with Gasteiger partial charge in [0.2, 0.25) is 5.91 Å². The predicted molar refractivity (Wildman–Crippen MR) is 74.2 cm³/mol. The van der Waals surface area contributed by atoms with Crippen molar-refractivity contribution < 1.29 is 14.7 Å². The summed E-state index contributed by atoms with van der Waals surface area (Å²) < 4.78 is 0. The molecule has 0 saturated carbocycles. The van der Waals surface area contributed by atoms with Crippen LogP contribution in [0.1, 0.15) is 19.4 Å². The van der Waals surface area contributed by atoms with Crippen LogP contribution in [0.4, 0.5) is 5.69 Å². The number of benzene rings is 1. The van der Waals surface area contributed by atoms with Gasteiger partial charge in [-0.3, -0.25) is 14.5 Å². The number of hydrogen-bond acceptors (Lipinski definition) is 3. The molecule has 0 saturated heterocycles. The van der Waals surface area contributed by atoms with Gasteiger partial charge in [0.25, 0.3) is 0 Å². The Labute approximate surface area is 113 Å². The molecule has 0 aliphatic heterocycles. The van der Waals surface area contributed by atoms with Gasteiger partial charge in [0.05, 0.1) is 13.1 Å². The van der Waals surface area contributed by atoms with Crippen molar-refractivity contribution in [2.24, 2.45) is 0 Å². The first kappa shape index (κ1) is 15.2. The number of nitrogens with zero attached hydrogens (tertiary/aromatic N) is 1. The number of carboxylic acids is 1. The second-order valence-corrected chi connectivity index (χ2v) is 4.30. The molecule has 1 rings (SSSR count). The lowest BCUT2D eigenvalue weighted by molar-refractivity contribution is -0.138. The zero-order valence-corrected chi connectivity index (χ0v) is 11.3. The fourth-order valence-electron chi connectivity index (χ4n) is 1.74. The smallest absolute Gasteiger partial charge is 0.317 e. The maximum atomic E-state index is 11.8. The summed E-state index contributed by atoms with van der Waals surface area (Å²) in [6.45, 7) is 4.35. The fraction of sp³-hybridized carbons (Fsp3) is 0.429. The van der Waals surface area contributed by atoms with E-state index in [-0.39, 0.29) is 19.0 Å². The number of nitrogens with one attached hydrogen (secondary N) is 1. The van der Waals surface area contributed by atoms with Crippen LogP contribution in [0.2, 0.25) is 0 Å². The summed E-state index contributed by atoms with van der Waals surface area (Å²) in [7, 11) is 0. The fourth-order valence-corrected chi connectivity index (χ4v) is 1.74. The quantitative estimate of drug-likeness (QED) is 0.784. The molecule has 0 spiro atoms. The summed E-state index contributed by atoms with van der Waals surface area (Å²) in [6.07, 6.45) is 0.907. The molecule has 1 amide bonds. The van der Waals surface area contributed by atoms with Crippen molar-refractivity contribution >= 4 is 17.6 Å². The maximum absolute atomic E-state index is 11.8. The first-order valence-corrected chi connectivity index (χ1v) is 6.38. The highest BCUT2D eigenvalue weighted by Crippen LogP contribution is 2.11. The van der Waals surface area contributed by atoms with Gasteiger partial charge >= 0.3 is 5.97 Å². The Balaban J connectivity index is 2.56. The maximum Gasteiger partial charge on any atom is 0.317 e. The minimum atomic E-state index is -0.928. The Kier molecular flexibility index (Phi) is 6.02. The molecule has 0 fully saturated rings. The van der Waals surface area contributed by atoms with Crippen molar-refractivity contribution in [2.45, 2.75) is 20.3 Å². The Hall–Kier alpha value is -1.88. The lowest BCUT2D eigenvalue weighted by atomic mass is 10.1. The standard InChI is InChI=1S/C14H20N2O3/c1-3-11-6-5-7-12(8-11)15-13(17)9-16(4-2)10-14(18)19/h5-8H,3-4,9-10H2,1-2H3,(H,15,17)(H,18,19). The van der Waals surface area contributed by atoms with Gasteiger partial charge in [-0.25, -0.2) is 0 Å². The van der Waals surface area contributed by atoms with Crippen LogP contribution < -0.4 is 5.32 Å². The molecule has 0 aliphatic carbocycles. The normalized spacial score (nSPS) is 10.5. The molecule has 5 heteroatoms. The second kappa shape index (κ2) is 7.53. The van der Waals surface area contributed by atoms with Crippen molar-refractivity contribution in [3.63, 3.8) is 0 Å². The van der Waals surface area contributed by atoms with Gasteiger partial charge < -0.3 is 10.4 Å². The first-order chi connectivity index (χ1) is 9.05. The van der Waals surface area contributed by atoms with Gasteiger partial charge in [-0.05, 0) is 30.7 Å². The monoisotopic (exact) mass is 264 g/mol. The Morgan fingerprint density at radius 3 is 2.58 bits per heavy atom. The third kappa shape index (κ3) is 5.52. The third-order valence-electron chi connectivity index (χ3n) is 2.79. The number of rotatable bonds is 7. The van der Waals surface area contributed by atoms with Crippen molar-refractivity contribution in [1.82, 2.24) is 4.90 Å². The van der Waals surface area contributed by atoms with Crippen LogP contribution in [-0.4, -0.2) is 41.5 Å². The number of hydrogen-bond donors (Lipinski definition) is 2. The molecule has 0 aliphatic rings. The second-order valence-electron chi connectivity index (χ2n) is 4.30. The van der Waals surface area contributed by atoms with E-state index in [0.29, 0.717) is 6.54 Å². The number of carbonyl (C=O) groups is 2. The third-order valence-corrected chi connectivity index (χ3v) is 2.79. The average molecular weight is 264 g/mol. The van der Waals surface area contributed by atoms with Gasteiger partial charge in [0.1, 0.15) is 0 Å². The van der Waals surface area contributed by atoms with E-state index >= 15 is 0 Å². The van der Waals surface area contributed by atoms with Gasteiger partial charge in [-0.2, -0.15) is 0 Å². The molecule has 104 valence electrons. The molecule has 1 aromatic rings. The van der Waals surface area contributed by atoms with Crippen LogP contribution in [0.15, 0.2) is 24.3 Å². The zero-order valence-electron chi connectivity index (χ0n) is 11.3. The van der Waals surface area contributed by atoms with E-state index in [1.54, 1.807) is 4.90 Å². The molecule has 0 atom stereocenters. The van der Waals surface area contributed by atoms with Crippen molar-refractivity contribution in [3.8, 4) is 0 Å². The number of aliphatic carboxylic acids is 1. The minimum Gasteiger partial charge on any atom is -0.480 e. The topological polar surface area (TPSA) is 69.6 Å². The van der Waals surface area contributed by atoms with Crippen LogP contribution in [0, 0.1) is 0 Å². The van der Waals surface area contributed by atoms with E-state index in [2.05, 4.69) is 5.32 Å². The number of carbonyl (C=O) groups excluding carboxylic acids is 1. The van der Waals surface area contributed by atoms with E-state index in [1.165, 1.54) is 0 Å². The molecular weight excluding hydrogens is 244 g/mol. The van der Waals surface area contributed by atoms with E-state index in [9.17, 15) is 9.59 Å². The van der Waals surface area contributed by atoms with Crippen molar-refractivity contribution in [1.29, 1.82) is 0 Å². The summed E-state index contributed by atoms with van der Waals surface area (Å²) in [5, 5.41) is 11.5. The average Bonchev–Trinajstić information content (AvgIpc) is 2.37. The van der Waals surface area contributed by atoms with Gasteiger partial charge in [-0.1, -0.05) is 26.0 Å². The van der Waals surface area contributed by atoms with Crippen LogP contribution in [0.25, 0.3) is 0 Å². The molecule has 0 aromatic heterocycles. The van der Waals surface area contributed by atoms with Gasteiger partial charge in [-0.15, -0.1) is 0 Å². The number of carboxylic acid groups (broad SMARTS) is 1. The molecule has 0 radical (unpaired) electrons. The van der Waals surface area contributed by atoms with Crippen LogP contribution >= 0.6 is 0 Å². The van der Waals surface area contributed by atoms with Crippen LogP contribution in [0.5, 0.6) is 0 Å². The SMILES string of the molecule is CCc1cccc(NC(=O)CN(CC)CC(=O)O)c1. The molecule has 1 aromatic carbocycles. The Bertz CT molecular complexity index is 446. The Morgan fingerprint density at radius 1 is 1.26 bits per heavy atom. The largest absolute Gasteiger partial charge is 0.480 e. The lowest BCUT2D eigenvalue weighted by Crippen LogP contribution is -2.36.